The van der Waals surface area contributed by atoms with E-state index in [1.54, 1.807) is 44.0 Å². The molecule has 1 N–H and O–H groups in total. The molecule has 3 rings (SSSR count). The van der Waals surface area contributed by atoms with Gasteiger partial charge in [-0.15, -0.1) is 0 Å². The third-order valence-corrected chi connectivity index (χ3v) is 3.24. The Morgan fingerprint density at radius 1 is 0.955 bits per heavy atom. The number of pyridine rings is 3. The topological polar surface area (TPSA) is 59.9 Å². The molecule has 0 amide bonds. The van der Waals surface area contributed by atoms with Crippen LogP contribution in [0.1, 0.15) is 0 Å². The number of ether oxygens (including phenoxy) is 1. The molecule has 0 saturated carbocycles. The van der Waals surface area contributed by atoms with Gasteiger partial charge >= 0.3 is 0 Å². The third kappa shape index (κ3) is 3.32. The van der Waals surface area contributed by atoms with E-state index in [0.717, 1.165) is 22.5 Å². The molecule has 0 bridgehead atoms. The summed E-state index contributed by atoms with van der Waals surface area (Å²) in [6.45, 7) is 0. The minimum atomic E-state index is 0.454. The van der Waals surface area contributed by atoms with Crippen LogP contribution in [0, 0.1) is 0 Å². The highest BCUT2D eigenvalue weighted by molar-refractivity contribution is 6.29. The summed E-state index contributed by atoms with van der Waals surface area (Å²) in [6, 6.07) is 9.37. The second-order valence-electron chi connectivity index (χ2n) is 4.54. The molecule has 5 nitrogen and oxygen atoms in total. The van der Waals surface area contributed by atoms with E-state index in [1.165, 1.54) is 0 Å². The molecule has 110 valence electrons. The molecular formula is C16H13ClN4O. The number of nitrogens with one attached hydrogen (secondary N) is 1. The zero-order chi connectivity index (χ0) is 15.4. The number of anilines is 2. The zero-order valence-electron chi connectivity index (χ0n) is 11.8. The number of nitrogens with zero attached hydrogens (tertiary/aromatic N) is 3. The van der Waals surface area contributed by atoms with Crippen LogP contribution in [0.5, 0.6) is 5.88 Å². The fourth-order valence-electron chi connectivity index (χ4n) is 1.99. The van der Waals surface area contributed by atoms with E-state index < -0.39 is 0 Å². The van der Waals surface area contributed by atoms with Crippen molar-refractivity contribution in [2.45, 2.75) is 0 Å². The normalized spacial score (nSPS) is 10.3. The molecule has 0 aliphatic carbocycles. The first kappa shape index (κ1) is 14.3. The van der Waals surface area contributed by atoms with E-state index in [0.29, 0.717) is 11.0 Å². The summed E-state index contributed by atoms with van der Waals surface area (Å²) in [5, 5.41) is 3.70. The maximum Gasteiger partial charge on any atom is 0.213 e. The molecule has 0 radical (unpaired) electrons. The number of hydrogen-bond acceptors (Lipinski definition) is 5. The highest BCUT2D eigenvalue weighted by Gasteiger charge is 2.03. The SMILES string of the molecule is COc1ccc(Nc2cncc(-c3ccnc(Cl)c3)c2)cn1. The lowest BCUT2D eigenvalue weighted by Crippen LogP contribution is -1.94. The van der Waals surface area contributed by atoms with Crippen LogP contribution in [0.3, 0.4) is 0 Å². The van der Waals surface area contributed by atoms with Crippen LogP contribution in [0.4, 0.5) is 11.4 Å². The Morgan fingerprint density at radius 2 is 1.86 bits per heavy atom. The molecule has 0 aliphatic heterocycles. The fourth-order valence-corrected chi connectivity index (χ4v) is 2.16. The average Bonchev–Trinajstić information content (AvgIpc) is 2.56. The van der Waals surface area contributed by atoms with Crippen LogP contribution in [0.2, 0.25) is 5.15 Å². The van der Waals surface area contributed by atoms with Crippen molar-refractivity contribution in [2.75, 3.05) is 12.4 Å². The van der Waals surface area contributed by atoms with E-state index in [9.17, 15) is 0 Å². The fraction of sp³-hybridized carbons (Fsp3) is 0.0625. The van der Waals surface area contributed by atoms with E-state index in [1.807, 2.05) is 18.2 Å². The smallest absolute Gasteiger partial charge is 0.213 e. The van der Waals surface area contributed by atoms with Crippen molar-refractivity contribution in [1.82, 2.24) is 15.0 Å². The van der Waals surface area contributed by atoms with Gasteiger partial charge in [-0.2, -0.15) is 0 Å². The first-order valence-corrected chi connectivity index (χ1v) is 6.96. The molecular weight excluding hydrogens is 300 g/mol. The van der Waals surface area contributed by atoms with Gasteiger partial charge in [0, 0.05) is 24.0 Å². The standard InChI is InChI=1S/C16H13ClN4O/c1-22-16-3-2-13(10-20-16)21-14-6-12(8-18-9-14)11-4-5-19-15(17)7-11/h2-10,21H,1H3. The van der Waals surface area contributed by atoms with E-state index in [-0.39, 0.29) is 0 Å². The largest absolute Gasteiger partial charge is 0.481 e. The minimum Gasteiger partial charge on any atom is -0.481 e. The molecule has 0 atom stereocenters. The molecule has 0 aliphatic rings. The van der Waals surface area contributed by atoms with Crippen LogP contribution in [0.25, 0.3) is 11.1 Å². The van der Waals surface area contributed by atoms with E-state index in [2.05, 4.69) is 20.3 Å². The Labute approximate surface area is 133 Å². The molecule has 22 heavy (non-hydrogen) atoms. The molecule has 0 unspecified atom stereocenters. The Balaban J connectivity index is 1.84. The average molecular weight is 313 g/mol. The van der Waals surface area contributed by atoms with Gasteiger partial charge < -0.3 is 10.1 Å². The van der Waals surface area contributed by atoms with Crippen LogP contribution in [0.15, 0.2) is 55.1 Å². The predicted molar refractivity (Wildman–Crippen MR) is 86.5 cm³/mol. The summed E-state index contributed by atoms with van der Waals surface area (Å²) in [7, 11) is 1.59. The van der Waals surface area contributed by atoms with Gasteiger partial charge in [0.2, 0.25) is 5.88 Å². The van der Waals surface area contributed by atoms with Crippen molar-refractivity contribution in [3.8, 4) is 17.0 Å². The van der Waals surface area contributed by atoms with Crippen molar-refractivity contribution in [2.24, 2.45) is 0 Å². The summed E-state index contributed by atoms with van der Waals surface area (Å²) in [5.41, 5.74) is 3.63. The number of hydrogen-bond donors (Lipinski definition) is 1. The second-order valence-corrected chi connectivity index (χ2v) is 4.93. The van der Waals surface area contributed by atoms with Gasteiger partial charge in [0.1, 0.15) is 5.15 Å². The number of methoxy groups -OCH3 is 1. The van der Waals surface area contributed by atoms with Crippen LogP contribution >= 0.6 is 11.6 Å². The van der Waals surface area contributed by atoms with Crippen LogP contribution in [-0.4, -0.2) is 22.1 Å². The summed E-state index contributed by atoms with van der Waals surface area (Å²) in [6.07, 6.45) is 6.90. The lowest BCUT2D eigenvalue weighted by molar-refractivity contribution is 0.398. The quantitative estimate of drug-likeness (QED) is 0.739. The van der Waals surface area contributed by atoms with Crippen molar-refractivity contribution in [3.63, 3.8) is 0 Å². The molecule has 0 fully saturated rings. The maximum absolute atomic E-state index is 5.93. The molecule has 0 saturated heterocycles. The molecule has 6 heteroatoms. The summed E-state index contributed by atoms with van der Waals surface area (Å²) in [4.78, 5) is 12.4. The van der Waals surface area contributed by atoms with Crippen molar-refractivity contribution >= 4 is 23.0 Å². The Hall–Kier alpha value is -2.66. The first-order chi connectivity index (χ1) is 10.7. The third-order valence-electron chi connectivity index (χ3n) is 3.03. The van der Waals surface area contributed by atoms with E-state index >= 15 is 0 Å². The van der Waals surface area contributed by atoms with Gasteiger partial charge in [0.05, 0.1) is 30.9 Å². The summed E-state index contributed by atoms with van der Waals surface area (Å²) in [5.74, 6) is 0.573. The van der Waals surface area contributed by atoms with Gasteiger partial charge in [-0.1, -0.05) is 11.6 Å². The maximum atomic E-state index is 5.93. The lowest BCUT2D eigenvalue weighted by atomic mass is 10.1. The first-order valence-electron chi connectivity index (χ1n) is 6.58. The Morgan fingerprint density at radius 3 is 2.59 bits per heavy atom. The number of rotatable bonds is 4. The van der Waals surface area contributed by atoms with Crippen LogP contribution in [-0.2, 0) is 0 Å². The summed E-state index contributed by atoms with van der Waals surface area (Å²) < 4.78 is 5.04. The Kier molecular flexibility index (Phi) is 4.16. The second kappa shape index (κ2) is 6.41. The predicted octanol–water partition coefficient (Wildman–Crippen LogP) is 3.94. The van der Waals surface area contributed by atoms with Crippen molar-refractivity contribution in [1.29, 1.82) is 0 Å². The molecule has 3 heterocycles. The number of halogens is 1. The van der Waals surface area contributed by atoms with Crippen LogP contribution < -0.4 is 10.1 Å². The van der Waals surface area contributed by atoms with Gasteiger partial charge in [0.25, 0.3) is 0 Å². The van der Waals surface area contributed by atoms with Crippen molar-refractivity contribution in [3.05, 3.63) is 60.3 Å². The highest BCUT2D eigenvalue weighted by Crippen LogP contribution is 2.24. The van der Waals surface area contributed by atoms with Gasteiger partial charge in [-0.05, 0) is 29.8 Å². The highest BCUT2D eigenvalue weighted by atomic mass is 35.5. The molecule has 3 aromatic rings. The molecule has 0 spiro atoms. The molecule has 3 aromatic heterocycles. The molecule has 0 aromatic carbocycles. The Bertz CT molecular complexity index is 777. The lowest BCUT2D eigenvalue weighted by Gasteiger charge is -2.08. The van der Waals surface area contributed by atoms with Gasteiger partial charge in [-0.3, -0.25) is 4.98 Å². The summed E-state index contributed by atoms with van der Waals surface area (Å²) >= 11 is 5.93. The zero-order valence-corrected chi connectivity index (χ0v) is 12.6. The van der Waals surface area contributed by atoms with Gasteiger partial charge in [0.15, 0.2) is 0 Å². The monoisotopic (exact) mass is 312 g/mol. The minimum absolute atomic E-state index is 0.454. The van der Waals surface area contributed by atoms with E-state index in [4.69, 9.17) is 16.3 Å². The van der Waals surface area contributed by atoms with Gasteiger partial charge in [-0.25, -0.2) is 9.97 Å². The number of aromatic nitrogens is 3. The van der Waals surface area contributed by atoms with Crippen molar-refractivity contribution < 1.29 is 4.74 Å².